The number of rotatable bonds is 2. The largest absolute Gasteiger partial charge is 0.366 e. The van der Waals surface area contributed by atoms with E-state index in [-0.39, 0.29) is 5.78 Å². The molecule has 0 atom stereocenters. The van der Waals surface area contributed by atoms with Crippen molar-refractivity contribution in [3.63, 3.8) is 0 Å². The molecule has 0 unspecified atom stereocenters. The molecule has 1 heterocycles. The second-order valence-electron chi connectivity index (χ2n) is 3.73. The van der Waals surface area contributed by atoms with Gasteiger partial charge in [0.05, 0.1) is 5.69 Å². The zero-order valence-electron chi connectivity index (χ0n) is 8.99. The van der Waals surface area contributed by atoms with E-state index in [0.29, 0.717) is 23.2 Å². The smallest absolute Gasteiger partial charge is 0.248 e. The summed E-state index contributed by atoms with van der Waals surface area (Å²) in [6, 6.07) is 4.79. The molecule has 0 saturated carbocycles. The first kappa shape index (κ1) is 10.5. The third-order valence-electron chi connectivity index (χ3n) is 2.63. The fraction of sp³-hybridized carbons (Fsp3) is 0.250. The number of hydrogen-bond donors (Lipinski definition) is 1. The number of ketones is 1. The fourth-order valence-electron chi connectivity index (χ4n) is 1.70. The minimum Gasteiger partial charge on any atom is -0.366 e. The minimum atomic E-state index is -0.527. The molecule has 0 spiro atoms. The second kappa shape index (κ2) is 3.89. The lowest BCUT2D eigenvalue weighted by atomic mass is 9.97. The van der Waals surface area contributed by atoms with Gasteiger partial charge in [0.25, 0.3) is 0 Å². The van der Waals surface area contributed by atoms with E-state index in [9.17, 15) is 9.59 Å². The maximum atomic E-state index is 11.8. The monoisotopic (exact) mass is 216 g/mol. The Labute approximate surface area is 93.2 Å². The first-order chi connectivity index (χ1) is 7.61. The van der Waals surface area contributed by atoms with Gasteiger partial charge < -0.3 is 5.73 Å². The number of fused-ring (bicyclic) bond motifs is 1. The summed E-state index contributed by atoms with van der Waals surface area (Å²) in [5.41, 5.74) is 7.52. The molecule has 1 aromatic rings. The lowest BCUT2D eigenvalue weighted by molar-refractivity contribution is 0.0998. The Morgan fingerprint density at radius 2 is 2.25 bits per heavy atom. The highest BCUT2D eigenvalue weighted by atomic mass is 16.1. The van der Waals surface area contributed by atoms with Crippen LogP contribution in [0.1, 0.15) is 40.5 Å². The standard InChI is InChI=1S/C12H12N2O2/c1-2-8-6-11(15)9-5-7(12(13)16)3-4-10(9)14-8/h3-5H,2,6H2,1H3,(H2,13,16). The number of carbonyl (C=O) groups excluding carboxylic acids is 2. The maximum Gasteiger partial charge on any atom is 0.248 e. The molecule has 16 heavy (non-hydrogen) atoms. The van der Waals surface area contributed by atoms with Gasteiger partial charge in [-0.15, -0.1) is 0 Å². The van der Waals surface area contributed by atoms with Crippen LogP contribution in [0, 0.1) is 0 Å². The van der Waals surface area contributed by atoms with Crippen LogP contribution in [0.15, 0.2) is 23.2 Å². The lowest BCUT2D eigenvalue weighted by Crippen LogP contribution is -2.15. The summed E-state index contributed by atoms with van der Waals surface area (Å²) in [6.45, 7) is 1.97. The van der Waals surface area contributed by atoms with Crippen molar-refractivity contribution >= 4 is 23.1 Å². The van der Waals surface area contributed by atoms with E-state index in [1.165, 1.54) is 6.07 Å². The van der Waals surface area contributed by atoms with Crippen LogP contribution >= 0.6 is 0 Å². The molecule has 1 amide bonds. The van der Waals surface area contributed by atoms with E-state index < -0.39 is 5.91 Å². The summed E-state index contributed by atoms with van der Waals surface area (Å²) >= 11 is 0. The number of benzene rings is 1. The molecular weight excluding hydrogens is 204 g/mol. The van der Waals surface area contributed by atoms with Gasteiger partial charge in [-0.05, 0) is 24.6 Å². The van der Waals surface area contributed by atoms with Crippen LogP contribution < -0.4 is 5.73 Å². The number of Topliss-reactive ketones (excluding diaryl/α,β-unsaturated/α-hetero) is 1. The summed E-state index contributed by atoms with van der Waals surface area (Å²) in [5, 5.41) is 0. The molecule has 0 radical (unpaired) electrons. The minimum absolute atomic E-state index is 0.00458. The number of amides is 1. The Bertz CT molecular complexity index is 504. The van der Waals surface area contributed by atoms with Gasteiger partial charge in [-0.1, -0.05) is 6.92 Å². The fourth-order valence-corrected chi connectivity index (χ4v) is 1.70. The SMILES string of the molecule is CCC1=Nc2ccc(C(N)=O)cc2C(=O)C1. The van der Waals surface area contributed by atoms with E-state index in [4.69, 9.17) is 5.73 Å². The van der Waals surface area contributed by atoms with Gasteiger partial charge in [-0.25, -0.2) is 0 Å². The van der Waals surface area contributed by atoms with E-state index in [1.807, 2.05) is 6.92 Å². The van der Waals surface area contributed by atoms with Crippen molar-refractivity contribution in [2.75, 3.05) is 0 Å². The molecule has 1 aromatic carbocycles. The zero-order chi connectivity index (χ0) is 11.7. The van der Waals surface area contributed by atoms with Gasteiger partial charge >= 0.3 is 0 Å². The second-order valence-corrected chi connectivity index (χ2v) is 3.73. The van der Waals surface area contributed by atoms with E-state index in [1.54, 1.807) is 12.1 Å². The predicted octanol–water partition coefficient (Wildman–Crippen LogP) is 1.85. The third-order valence-corrected chi connectivity index (χ3v) is 2.63. The Morgan fingerprint density at radius 3 is 2.88 bits per heavy atom. The molecule has 2 rings (SSSR count). The summed E-state index contributed by atoms with van der Waals surface area (Å²) < 4.78 is 0. The van der Waals surface area contributed by atoms with Crippen LogP contribution in [0.25, 0.3) is 0 Å². The molecule has 1 aliphatic rings. The van der Waals surface area contributed by atoms with Crippen LogP contribution in [-0.2, 0) is 0 Å². The number of carbonyl (C=O) groups is 2. The summed E-state index contributed by atoms with van der Waals surface area (Å²) in [4.78, 5) is 27.1. The van der Waals surface area contributed by atoms with E-state index in [2.05, 4.69) is 4.99 Å². The molecule has 82 valence electrons. The number of nitrogens with zero attached hydrogens (tertiary/aromatic N) is 1. The van der Waals surface area contributed by atoms with Crippen LogP contribution in [0.3, 0.4) is 0 Å². The van der Waals surface area contributed by atoms with Crippen LogP contribution in [-0.4, -0.2) is 17.4 Å². The number of nitrogens with two attached hydrogens (primary N) is 1. The average molecular weight is 216 g/mol. The van der Waals surface area contributed by atoms with Gasteiger partial charge in [0.15, 0.2) is 5.78 Å². The highest BCUT2D eigenvalue weighted by Crippen LogP contribution is 2.27. The molecule has 0 aliphatic carbocycles. The van der Waals surface area contributed by atoms with Gasteiger partial charge in [-0.2, -0.15) is 0 Å². The van der Waals surface area contributed by atoms with E-state index in [0.717, 1.165) is 12.1 Å². The normalized spacial score (nSPS) is 14.3. The topological polar surface area (TPSA) is 72.5 Å². The lowest BCUT2D eigenvalue weighted by Gasteiger charge is -2.13. The van der Waals surface area contributed by atoms with Crippen molar-refractivity contribution in [3.05, 3.63) is 29.3 Å². The summed E-state index contributed by atoms with van der Waals surface area (Å²) in [7, 11) is 0. The summed E-state index contributed by atoms with van der Waals surface area (Å²) in [6.07, 6.45) is 1.11. The molecule has 4 nitrogen and oxygen atoms in total. The Kier molecular flexibility index (Phi) is 2.56. The molecular formula is C12H12N2O2. The van der Waals surface area contributed by atoms with Gasteiger partial charge in [0.2, 0.25) is 5.91 Å². The Morgan fingerprint density at radius 1 is 1.50 bits per heavy atom. The summed E-state index contributed by atoms with van der Waals surface area (Å²) in [5.74, 6) is -0.522. The highest BCUT2D eigenvalue weighted by Gasteiger charge is 2.19. The van der Waals surface area contributed by atoms with E-state index >= 15 is 0 Å². The van der Waals surface area contributed by atoms with Crippen molar-refractivity contribution in [2.45, 2.75) is 19.8 Å². The van der Waals surface area contributed by atoms with Crippen molar-refractivity contribution in [2.24, 2.45) is 10.7 Å². The first-order valence-electron chi connectivity index (χ1n) is 5.15. The van der Waals surface area contributed by atoms with Crippen LogP contribution in [0.4, 0.5) is 5.69 Å². The average Bonchev–Trinajstić information content (AvgIpc) is 2.28. The Balaban J connectivity index is 2.53. The number of aliphatic imine (C=N–C) groups is 1. The number of hydrogen-bond acceptors (Lipinski definition) is 3. The van der Waals surface area contributed by atoms with Crippen molar-refractivity contribution < 1.29 is 9.59 Å². The highest BCUT2D eigenvalue weighted by molar-refractivity contribution is 6.16. The van der Waals surface area contributed by atoms with Gasteiger partial charge in [0.1, 0.15) is 0 Å². The predicted molar refractivity (Wildman–Crippen MR) is 61.3 cm³/mol. The Hall–Kier alpha value is -1.97. The molecule has 0 bridgehead atoms. The molecule has 1 aliphatic heterocycles. The third kappa shape index (κ3) is 1.74. The molecule has 0 fully saturated rings. The first-order valence-corrected chi connectivity index (χ1v) is 5.15. The molecule has 0 aromatic heterocycles. The molecule has 0 saturated heterocycles. The van der Waals surface area contributed by atoms with Gasteiger partial charge in [0, 0.05) is 23.3 Å². The molecule has 2 N–H and O–H groups in total. The maximum absolute atomic E-state index is 11.8. The molecule has 4 heteroatoms. The quantitative estimate of drug-likeness (QED) is 0.819. The van der Waals surface area contributed by atoms with Crippen molar-refractivity contribution in [1.29, 1.82) is 0 Å². The van der Waals surface area contributed by atoms with Gasteiger partial charge in [-0.3, -0.25) is 14.6 Å². The zero-order valence-corrected chi connectivity index (χ0v) is 8.99. The van der Waals surface area contributed by atoms with Crippen molar-refractivity contribution in [3.8, 4) is 0 Å². The number of primary amides is 1. The van der Waals surface area contributed by atoms with Crippen LogP contribution in [0.2, 0.25) is 0 Å². The van der Waals surface area contributed by atoms with Crippen LogP contribution in [0.5, 0.6) is 0 Å². The van der Waals surface area contributed by atoms with Crippen molar-refractivity contribution in [1.82, 2.24) is 0 Å².